The van der Waals surface area contributed by atoms with Crippen LogP contribution in [0.4, 0.5) is 10.5 Å². The molecule has 1 unspecified atom stereocenters. The molecule has 1 aromatic rings. The van der Waals surface area contributed by atoms with Gasteiger partial charge in [0, 0.05) is 6.20 Å². The number of amides is 2. The van der Waals surface area contributed by atoms with Crippen LogP contribution >= 0.6 is 0 Å². The molecule has 116 valence electrons. The Morgan fingerprint density at radius 3 is 2.62 bits per heavy atom. The Labute approximate surface area is 121 Å². The molecule has 0 bridgehead atoms. The summed E-state index contributed by atoms with van der Waals surface area (Å²) in [5.41, 5.74) is 0.320. The van der Waals surface area contributed by atoms with Crippen LogP contribution in [0.25, 0.3) is 0 Å². The van der Waals surface area contributed by atoms with E-state index in [0.717, 1.165) is 4.68 Å². The van der Waals surface area contributed by atoms with Crippen LogP contribution in [0.5, 0.6) is 0 Å². The number of rotatable bonds is 6. The SMILES string of the molecule is COC(=O)C(NC(=O)Nc1cnn(CC(=O)O)c1)C(C)C. The lowest BCUT2D eigenvalue weighted by Crippen LogP contribution is -2.46. The van der Waals surface area contributed by atoms with E-state index in [1.165, 1.54) is 19.5 Å². The van der Waals surface area contributed by atoms with Crippen molar-refractivity contribution >= 4 is 23.7 Å². The normalized spacial score (nSPS) is 11.8. The summed E-state index contributed by atoms with van der Waals surface area (Å²) < 4.78 is 5.77. The maximum Gasteiger partial charge on any atom is 0.328 e. The zero-order valence-electron chi connectivity index (χ0n) is 12.0. The van der Waals surface area contributed by atoms with Gasteiger partial charge < -0.3 is 20.5 Å². The molecular weight excluding hydrogens is 280 g/mol. The third-order valence-electron chi connectivity index (χ3n) is 2.60. The van der Waals surface area contributed by atoms with E-state index >= 15 is 0 Å². The van der Waals surface area contributed by atoms with Crippen molar-refractivity contribution in [3.8, 4) is 0 Å². The smallest absolute Gasteiger partial charge is 0.328 e. The van der Waals surface area contributed by atoms with Crippen molar-refractivity contribution in [1.82, 2.24) is 15.1 Å². The maximum absolute atomic E-state index is 11.8. The molecule has 0 saturated heterocycles. The van der Waals surface area contributed by atoms with E-state index in [9.17, 15) is 14.4 Å². The van der Waals surface area contributed by atoms with Gasteiger partial charge in [-0.3, -0.25) is 9.48 Å². The number of anilines is 1. The molecule has 9 nitrogen and oxygen atoms in total. The number of hydrogen-bond donors (Lipinski definition) is 3. The average Bonchev–Trinajstić information content (AvgIpc) is 2.81. The summed E-state index contributed by atoms with van der Waals surface area (Å²) in [6.07, 6.45) is 2.68. The fraction of sp³-hybridized carbons (Fsp3) is 0.500. The van der Waals surface area contributed by atoms with E-state index in [4.69, 9.17) is 5.11 Å². The van der Waals surface area contributed by atoms with Gasteiger partial charge in [0.05, 0.1) is 19.0 Å². The molecule has 1 atom stereocenters. The van der Waals surface area contributed by atoms with Crippen LogP contribution in [0.2, 0.25) is 0 Å². The summed E-state index contributed by atoms with van der Waals surface area (Å²) in [6, 6.07) is -1.38. The lowest BCUT2D eigenvalue weighted by atomic mass is 10.1. The number of aliphatic carboxylic acids is 1. The number of ether oxygens (including phenoxy) is 1. The van der Waals surface area contributed by atoms with Crippen LogP contribution < -0.4 is 10.6 Å². The highest BCUT2D eigenvalue weighted by atomic mass is 16.5. The van der Waals surface area contributed by atoms with Gasteiger partial charge in [0.1, 0.15) is 12.6 Å². The van der Waals surface area contributed by atoms with Crippen molar-refractivity contribution in [3.63, 3.8) is 0 Å². The van der Waals surface area contributed by atoms with Crippen LogP contribution in [0.3, 0.4) is 0 Å². The van der Waals surface area contributed by atoms with E-state index < -0.39 is 24.0 Å². The Kier molecular flexibility index (Phi) is 5.70. The third-order valence-corrected chi connectivity index (χ3v) is 2.60. The standard InChI is InChI=1S/C12H18N4O5/c1-7(2)10(11(19)21-3)15-12(20)14-8-4-13-16(5-8)6-9(17)18/h4-5,7,10H,6H2,1-3H3,(H,17,18)(H2,14,15,20). The Morgan fingerprint density at radius 2 is 2.10 bits per heavy atom. The molecule has 0 radical (unpaired) electrons. The number of hydrogen-bond acceptors (Lipinski definition) is 5. The van der Waals surface area contributed by atoms with Gasteiger partial charge in [0.15, 0.2) is 0 Å². The molecule has 1 rings (SSSR count). The molecule has 3 N–H and O–H groups in total. The predicted molar refractivity (Wildman–Crippen MR) is 72.7 cm³/mol. The maximum atomic E-state index is 11.8. The van der Waals surface area contributed by atoms with Crippen LogP contribution in [0, 0.1) is 5.92 Å². The number of nitrogens with one attached hydrogen (secondary N) is 2. The summed E-state index contributed by atoms with van der Waals surface area (Å²) in [5, 5.41) is 17.3. The summed E-state index contributed by atoms with van der Waals surface area (Å²) >= 11 is 0. The number of esters is 1. The highest BCUT2D eigenvalue weighted by Gasteiger charge is 2.24. The number of nitrogens with zero attached hydrogens (tertiary/aromatic N) is 2. The summed E-state index contributed by atoms with van der Waals surface area (Å²) in [5.74, 6) is -1.72. The lowest BCUT2D eigenvalue weighted by molar-refractivity contribution is -0.144. The van der Waals surface area contributed by atoms with Crippen molar-refractivity contribution < 1.29 is 24.2 Å². The zero-order valence-corrected chi connectivity index (χ0v) is 12.0. The minimum absolute atomic E-state index is 0.141. The van der Waals surface area contributed by atoms with Gasteiger partial charge in [-0.2, -0.15) is 5.10 Å². The fourth-order valence-electron chi connectivity index (χ4n) is 1.59. The molecular formula is C12H18N4O5. The Morgan fingerprint density at radius 1 is 1.43 bits per heavy atom. The van der Waals surface area contributed by atoms with Gasteiger partial charge in [-0.15, -0.1) is 0 Å². The van der Waals surface area contributed by atoms with E-state index in [-0.39, 0.29) is 12.5 Å². The van der Waals surface area contributed by atoms with Crippen LogP contribution in [-0.2, 0) is 20.9 Å². The minimum Gasteiger partial charge on any atom is -0.480 e. The molecule has 1 heterocycles. The zero-order chi connectivity index (χ0) is 16.0. The van der Waals surface area contributed by atoms with Crippen molar-refractivity contribution in [3.05, 3.63) is 12.4 Å². The number of methoxy groups -OCH3 is 1. The van der Waals surface area contributed by atoms with Crippen LogP contribution in [0.15, 0.2) is 12.4 Å². The Bertz CT molecular complexity index is 525. The molecule has 0 aliphatic heterocycles. The van der Waals surface area contributed by atoms with Crippen molar-refractivity contribution in [2.45, 2.75) is 26.4 Å². The molecule has 0 aliphatic rings. The average molecular weight is 298 g/mol. The first kappa shape index (κ1) is 16.5. The number of carbonyl (C=O) groups is 3. The molecule has 0 fully saturated rings. The number of aromatic nitrogens is 2. The van der Waals surface area contributed by atoms with Gasteiger partial charge in [-0.25, -0.2) is 9.59 Å². The topological polar surface area (TPSA) is 123 Å². The van der Waals surface area contributed by atoms with Gasteiger partial charge in [0.25, 0.3) is 0 Å². The largest absolute Gasteiger partial charge is 0.480 e. The summed E-state index contributed by atoms with van der Waals surface area (Å²) in [7, 11) is 1.24. The molecule has 0 spiro atoms. The second-order valence-corrected chi connectivity index (χ2v) is 4.66. The van der Waals surface area contributed by atoms with Gasteiger partial charge >= 0.3 is 18.0 Å². The van der Waals surface area contributed by atoms with Crippen LogP contribution in [0.1, 0.15) is 13.8 Å². The third kappa shape index (κ3) is 5.13. The molecule has 0 aliphatic carbocycles. The number of urea groups is 1. The number of carbonyl (C=O) groups excluding carboxylic acids is 2. The molecule has 1 aromatic heterocycles. The molecule has 0 aromatic carbocycles. The van der Waals surface area contributed by atoms with Gasteiger partial charge in [-0.1, -0.05) is 13.8 Å². The molecule has 9 heteroatoms. The summed E-state index contributed by atoms with van der Waals surface area (Å²) in [6.45, 7) is 3.24. The first-order chi connectivity index (χ1) is 9.83. The second-order valence-electron chi connectivity index (χ2n) is 4.66. The first-order valence-electron chi connectivity index (χ1n) is 6.23. The molecule has 0 saturated carbocycles. The van der Waals surface area contributed by atoms with E-state index in [1.807, 2.05) is 0 Å². The molecule has 2 amide bonds. The van der Waals surface area contributed by atoms with Crippen molar-refractivity contribution in [2.75, 3.05) is 12.4 Å². The quantitative estimate of drug-likeness (QED) is 0.649. The number of carboxylic acids is 1. The monoisotopic (exact) mass is 298 g/mol. The van der Waals surface area contributed by atoms with E-state index in [0.29, 0.717) is 5.69 Å². The Balaban J connectivity index is 2.61. The number of carboxylic acid groups (broad SMARTS) is 1. The van der Waals surface area contributed by atoms with E-state index in [2.05, 4.69) is 20.5 Å². The molecule has 21 heavy (non-hydrogen) atoms. The highest BCUT2D eigenvalue weighted by molar-refractivity contribution is 5.92. The van der Waals surface area contributed by atoms with Gasteiger partial charge in [-0.05, 0) is 5.92 Å². The van der Waals surface area contributed by atoms with Crippen LogP contribution in [-0.4, -0.2) is 46.0 Å². The second kappa shape index (κ2) is 7.27. The minimum atomic E-state index is -1.04. The highest BCUT2D eigenvalue weighted by Crippen LogP contribution is 2.07. The summed E-state index contributed by atoms with van der Waals surface area (Å²) in [4.78, 5) is 33.8. The van der Waals surface area contributed by atoms with Gasteiger partial charge in [0.2, 0.25) is 0 Å². The predicted octanol–water partition coefficient (Wildman–Crippen LogP) is 0.287. The van der Waals surface area contributed by atoms with Crippen molar-refractivity contribution in [1.29, 1.82) is 0 Å². The first-order valence-corrected chi connectivity index (χ1v) is 6.23. The Hall–Kier alpha value is -2.58. The fourth-order valence-corrected chi connectivity index (χ4v) is 1.59. The van der Waals surface area contributed by atoms with Crippen molar-refractivity contribution in [2.24, 2.45) is 5.92 Å². The lowest BCUT2D eigenvalue weighted by Gasteiger charge is -2.19. The van der Waals surface area contributed by atoms with E-state index in [1.54, 1.807) is 13.8 Å².